The minimum absolute atomic E-state index is 0.231. The third kappa shape index (κ3) is 4.23. The Labute approximate surface area is 93.3 Å². The van der Waals surface area contributed by atoms with E-state index in [9.17, 15) is 4.57 Å². The molecule has 0 bridgehead atoms. The van der Waals surface area contributed by atoms with E-state index in [0.29, 0.717) is 13.2 Å². The first-order valence-corrected chi connectivity index (χ1v) is 7.00. The summed E-state index contributed by atoms with van der Waals surface area (Å²) in [4.78, 5) is 0. The molecule has 0 atom stereocenters. The van der Waals surface area contributed by atoms with Gasteiger partial charge in [0.15, 0.2) is 0 Å². The highest BCUT2D eigenvalue weighted by molar-refractivity contribution is 7.55. The Balaban J connectivity index is 4.80. The second kappa shape index (κ2) is 6.00. The lowest BCUT2D eigenvalue weighted by atomic mass is 10.3. The summed E-state index contributed by atoms with van der Waals surface area (Å²) in [6, 6.07) is 0.231. The van der Waals surface area contributed by atoms with Crippen LogP contribution in [0.4, 0.5) is 0 Å². The van der Waals surface area contributed by atoms with E-state index in [0.717, 1.165) is 0 Å². The number of nitrogens with one attached hydrogen (secondary N) is 1. The van der Waals surface area contributed by atoms with E-state index in [1.165, 1.54) is 0 Å². The molecule has 0 aliphatic carbocycles. The van der Waals surface area contributed by atoms with Crippen LogP contribution in [0.15, 0.2) is 0 Å². The smallest absolute Gasteiger partial charge is 0.308 e. The van der Waals surface area contributed by atoms with Crippen LogP contribution in [0.25, 0.3) is 0 Å². The van der Waals surface area contributed by atoms with Gasteiger partial charge in [0.05, 0.1) is 13.2 Å². The van der Waals surface area contributed by atoms with Crippen LogP contribution in [0.1, 0.15) is 41.5 Å². The molecule has 0 saturated carbocycles. The third-order valence-electron chi connectivity index (χ3n) is 1.92. The molecular formula is C10H24NO3P. The van der Waals surface area contributed by atoms with Crippen molar-refractivity contribution in [2.24, 2.45) is 0 Å². The summed E-state index contributed by atoms with van der Waals surface area (Å²) in [5, 5.41) is 2.56. The average molecular weight is 237 g/mol. The lowest BCUT2D eigenvalue weighted by Crippen LogP contribution is -2.44. The standard InChI is InChI=1S/C10H24NO3P/c1-7-13-15(12,14-8-2)10(5,6)11-9(3)4/h9,11H,7-8H2,1-6H3. The van der Waals surface area contributed by atoms with Gasteiger partial charge in [-0.05, 0) is 41.5 Å². The van der Waals surface area contributed by atoms with Crippen molar-refractivity contribution in [3.63, 3.8) is 0 Å². The molecule has 0 aromatic rings. The zero-order valence-corrected chi connectivity index (χ0v) is 11.6. The lowest BCUT2D eigenvalue weighted by molar-refractivity contribution is 0.190. The molecule has 5 heteroatoms. The lowest BCUT2D eigenvalue weighted by Gasteiger charge is -2.35. The molecule has 0 fully saturated rings. The van der Waals surface area contributed by atoms with Crippen molar-refractivity contribution in [2.45, 2.75) is 52.9 Å². The van der Waals surface area contributed by atoms with Crippen molar-refractivity contribution >= 4 is 7.60 Å². The summed E-state index contributed by atoms with van der Waals surface area (Å²) in [6.45, 7) is 12.1. The van der Waals surface area contributed by atoms with Gasteiger partial charge >= 0.3 is 7.60 Å². The molecule has 0 spiro atoms. The molecule has 0 heterocycles. The first kappa shape index (κ1) is 15.1. The van der Waals surface area contributed by atoms with Crippen molar-refractivity contribution in [2.75, 3.05) is 13.2 Å². The van der Waals surface area contributed by atoms with Crippen LogP contribution in [0.5, 0.6) is 0 Å². The average Bonchev–Trinajstić information content (AvgIpc) is 2.02. The summed E-state index contributed by atoms with van der Waals surface area (Å²) in [5.41, 5.74) is 0. The van der Waals surface area contributed by atoms with E-state index in [2.05, 4.69) is 5.32 Å². The molecule has 1 N–H and O–H groups in total. The van der Waals surface area contributed by atoms with Gasteiger partial charge < -0.3 is 9.05 Å². The van der Waals surface area contributed by atoms with Gasteiger partial charge in [-0.3, -0.25) is 9.88 Å². The summed E-state index contributed by atoms with van der Waals surface area (Å²) < 4.78 is 23.1. The topological polar surface area (TPSA) is 47.6 Å². The first-order valence-electron chi connectivity index (χ1n) is 5.46. The largest absolute Gasteiger partial charge is 0.349 e. The Morgan fingerprint density at radius 3 is 1.87 bits per heavy atom. The molecule has 0 aliphatic heterocycles. The van der Waals surface area contributed by atoms with E-state index in [1.54, 1.807) is 0 Å². The van der Waals surface area contributed by atoms with Crippen molar-refractivity contribution in [1.29, 1.82) is 0 Å². The maximum absolute atomic E-state index is 12.5. The number of rotatable bonds is 7. The summed E-state index contributed by atoms with van der Waals surface area (Å²) in [6.07, 6.45) is 0. The van der Waals surface area contributed by atoms with Gasteiger partial charge in [-0.25, -0.2) is 0 Å². The molecule has 0 aromatic carbocycles. The Morgan fingerprint density at radius 2 is 1.60 bits per heavy atom. The fourth-order valence-electron chi connectivity index (χ4n) is 1.49. The van der Waals surface area contributed by atoms with Gasteiger partial charge in [0.25, 0.3) is 0 Å². The fraction of sp³-hybridized carbons (Fsp3) is 1.00. The quantitative estimate of drug-likeness (QED) is 0.691. The molecule has 15 heavy (non-hydrogen) atoms. The fourth-order valence-corrected chi connectivity index (χ4v) is 3.30. The minimum atomic E-state index is -3.09. The summed E-state index contributed by atoms with van der Waals surface area (Å²) in [7, 11) is -3.09. The molecular weight excluding hydrogens is 213 g/mol. The maximum Gasteiger partial charge on any atom is 0.349 e. The van der Waals surface area contributed by atoms with Gasteiger partial charge in [0, 0.05) is 6.04 Å². The van der Waals surface area contributed by atoms with Crippen LogP contribution in [0.3, 0.4) is 0 Å². The van der Waals surface area contributed by atoms with Crippen molar-refractivity contribution in [3.8, 4) is 0 Å². The molecule has 0 unspecified atom stereocenters. The highest BCUT2D eigenvalue weighted by atomic mass is 31.2. The van der Waals surface area contributed by atoms with Crippen LogP contribution in [-0.2, 0) is 13.6 Å². The molecule has 92 valence electrons. The molecule has 0 radical (unpaired) electrons. The van der Waals surface area contributed by atoms with Gasteiger partial charge in [-0.15, -0.1) is 0 Å². The predicted octanol–water partition coefficient (Wildman–Crippen LogP) is 2.99. The van der Waals surface area contributed by atoms with E-state index < -0.39 is 12.9 Å². The highest BCUT2D eigenvalue weighted by Crippen LogP contribution is 2.58. The van der Waals surface area contributed by atoms with Gasteiger partial charge in [0.2, 0.25) is 0 Å². The van der Waals surface area contributed by atoms with E-state index in [4.69, 9.17) is 9.05 Å². The van der Waals surface area contributed by atoms with Crippen LogP contribution in [-0.4, -0.2) is 24.5 Å². The van der Waals surface area contributed by atoms with Crippen molar-refractivity contribution < 1.29 is 13.6 Å². The second-order valence-electron chi connectivity index (χ2n) is 4.19. The van der Waals surface area contributed by atoms with Gasteiger partial charge in [-0.1, -0.05) is 0 Å². The van der Waals surface area contributed by atoms with Gasteiger partial charge in [0.1, 0.15) is 5.28 Å². The SMILES string of the molecule is CCOP(=O)(OCC)C(C)(C)NC(C)C. The molecule has 0 amide bonds. The zero-order chi connectivity index (χ0) is 12.1. The second-order valence-corrected chi connectivity index (χ2v) is 6.82. The Kier molecular flexibility index (Phi) is 6.04. The molecule has 0 rings (SSSR count). The van der Waals surface area contributed by atoms with E-state index in [1.807, 2.05) is 41.5 Å². The van der Waals surface area contributed by atoms with E-state index in [-0.39, 0.29) is 6.04 Å². The van der Waals surface area contributed by atoms with Crippen LogP contribution < -0.4 is 5.32 Å². The van der Waals surface area contributed by atoms with Crippen molar-refractivity contribution in [1.82, 2.24) is 5.32 Å². The highest BCUT2D eigenvalue weighted by Gasteiger charge is 2.43. The maximum atomic E-state index is 12.5. The van der Waals surface area contributed by atoms with E-state index >= 15 is 0 Å². The first-order chi connectivity index (χ1) is 6.79. The predicted molar refractivity (Wildman–Crippen MR) is 63.2 cm³/mol. The monoisotopic (exact) mass is 237 g/mol. The molecule has 4 nitrogen and oxygen atoms in total. The molecule has 0 saturated heterocycles. The summed E-state index contributed by atoms with van der Waals surface area (Å²) >= 11 is 0. The van der Waals surface area contributed by atoms with Gasteiger partial charge in [-0.2, -0.15) is 0 Å². The Morgan fingerprint density at radius 1 is 1.20 bits per heavy atom. The Hall–Kier alpha value is 0.110. The number of hydrogen-bond donors (Lipinski definition) is 1. The van der Waals surface area contributed by atoms with Crippen molar-refractivity contribution in [3.05, 3.63) is 0 Å². The minimum Gasteiger partial charge on any atom is -0.308 e. The molecule has 0 aliphatic rings. The summed E-state index contributed by atoms with van der Waals surface area (Å²) in [5.74, 6) is 0. The van der Waals surface area contributed by atoms with Crippen LogP contribution >= 0.6 is 7.60 Å². The van der Waals surface area contributed by atoms with Crippen LogP contribution in [0, 0.1) is 0 Å². The third-order valence-corrected chi connectivity index (χ3v) is 4.62. The Bertz CT molecular complexity index is 219. The zero-order valence-electron chi connectivity index (χ0n) is 10.7. The van der Waals surface area contributed by atoms with Crippen LogP contribution in [0.2, 0.25) is 0 Å². The molecule has 0 aromatic heterocycles. The number of hydrogen-bond acceptors (Lipinski definition) is 4. The normalized spacial score (nSPS) is 13.5.